The van der Waals surface area contributed by atoms with E-state index in [0.29, 0.717) is 6.54 Å². The predicted octanol–water partition coefficient (Wildman–Crippen LogP) is 1.81. The van der Waals surface area contributed by atoms with E-state index < -0.39 is 0 Å². The van der Waals surface area contributed by atoms with Crippen molar-refractivity contribution in [1.82, 2.24) is 5.32 Å². The molecule has 82 valence electrons. The topological polar surface area (TPSA) is 32.3 Å². The Morgan fingerprint density at radius 2 is 2.07 bits per heavy atom. The zero-order valence-electron chi connectivity index (χ0n) is 8.78. The third kappa shape index (κ3) is 4.72. The molecular formula is C12H16FNO. The third-order valence-corrected chi connectivity index (χ3v) is 2.04. The number of hydrogen-bond donors (Lipinski definition) is 2. The van der Waals surface area contributed by atoms with Crippen molar-refractivity contribution in [2.24, 2.45) is 0 Å². The van der Waals surface area contributed by atoms with Gasteiger partial charge in [-0.1, -0.05) is 24.3 Å². The van der Waals surface area contributed by atoms with Crippen LogP contribution in [0.5, 0.6) is 0 Å². The van der Waals surface area contributed by atoms with Gasteiger partial charge in [0.05, 0.1) is 6.61 Å². The Morgan fingerprint density at radius 1 is 1.40 bits per heavy atom. The lowest BCUT2D eigenvalue weighted by molar-refractivity contribution is 0.255. The molecule has 1 aromatic carbocycles. The Kier molecular flexibility index (Phi) is 5.01. The molecule has 0 amide bonds. The summed E-state index contributed by atoms with van der Waals surface area (Å²) < 4.78 is 12.6. The van der Waals surface area contributed by atoms with E-state index in [0.717, 1.165) is 5.56 Å². The van der Waals surface area contributed by atoms with Gasteiger partial charge in [-0.25, -0.2) is 4.39 Å². The first-order valence-electron chi connectivity index (χ1n) is 4.98. The van der Waals surface area contributed by atoms with Crippen molar-refractivity contribution in [2.45, 2.75) is 13.0 Å². The highest BCUT2D eigenvalue weighted by Crippen LogP contribution is 2.03. The highest BCUT2D eigenvalue weighted by atomic mass is 19.1. The number of rotatable bonds is 5. The third-order valence-electron chi connectivity index (χ3n) is 2.04. The molecule has 0 aliphatic heterocycles. The fourth-order valence-electron chi connectivity index (χ4n) is 1.10. The fourth-order valence-corrected chi connectivity index (χ4v) is 1.10. The van der Waals surface area contributed by atoms with E-state index in [1.54, 1.807) is 12.1 Å². The largest absolute Gasteiger partial charge is 0.395 e. The molecule has 0 heterocycles. The number of aliphatic hydroxyl groups is 1. The molecule has 1 atom stereocenters. The molecule has 1 aromatic rings. The highest BCUT2D eigenvalue weighted by Gasteiger charge is 1.94. The summed E-state index contributed by atoms with van der Waals surface area (Å²) >= 11 is 0. The normalized spacial score (nSPS) is 13.3. The maximum atomic E-state index is 12.6. The predicted molar refractivity (Wildman–Crippen MR) is 60.0 cm³/mol. The van der Waals surface area contributed by atoms with Gasteiger partial charge < -0.3 is 10.4 Å². The average Bonchev–Trinajstić information content (AvgIpc) is 2.26. The van der Waals surface area contributed by atoms with Crippen molar-refractivity contribution in [2.75, 3.05) is 13.2 Å². The number of nitrogens with one attached hydrogen (secondary N) is 1. The Hall–Kier alpha value is -1.19. The van der Waals surface area contributed by atoms with Gasteiger partial charge in [-0.15, -0.1) is 0 Å². The van der Waals surface area contributed by atoms with Crippen molar-refractivity contribution in [3.8, 4) is 0 Å². The zero-order valence-corrected chi connectivity index (χ0v) is 8.78. The molecule has 0 saturated heterocycles. The lowest BCUT2D eigenvalue weighted by Crippen LogP contribution is -2.29. The van der Waals surface area contributed by atoms with Gasteiger partial charge in [-0.3, -0.25) is 0 Å². The average molecular weight is 209 g/mol. The smallest absolute Gasteiger partial charge is 0.123 e. The summed E-state index contributed by atoms with van der Waals surface area (Å²) in [6, 6.07) is 6.41. The van der Waals surface area contributed by atoms with E-state index in [2.05, 4.69) is 5.32 Å². The molecule has 0 aliphatic rings. The van der Waals surface area contributed by atoms with Crippen molar-refractivity contribution < 1.29 is 9.50 Å². The van der Waals surface area contributed by atoms with Gasteiger partial charge in [0.15, 0.2) is 0 Å². The minimum atomic E-state index is -0.223. The van der Waals surface area contributed by atoms with Crippen LogP contribution in [0, 0.1) is 5.82 Å². The first kappa shape index (κ1) is 11.9. The lowest BCUT2D eigenvalue weighted by atomic mass is 10.2. The SMILES string of the molecule is C[C@H](CO)NC/C=C/c1ccc(F)cc1. The maximum Gasteiger partial charge on any atom is 0.123 e. The summed E-state index contributed by atoms with van der Waals surface area (Å²) in [5.41, 5.74) is 0.967. The lowest BCUT2D eigenvalue weighted by Gasteiger charge is -2.06. The molecule has 1 rings (SSSR count). The molecule has 15 heavy (non-hydrogen) atoms. The van der Waals surface area contributed by atoms with Crippen LogP contribution < -0.4 is 5.32 Å². The van der Waals surface area contributed by atoms with Crippen LogP contribution in [-0.4, -0.2) is 24.3 Å². The van der Waals surface area contributed by atoms with Crippen LogP contribution in [0.15, 0.2) is 30.3 Å². The molecule has 0 aliphatic carbocycles. The number of halogens is 1. The van der Waals surface area contributed by atoms with E-state index >= 15 is 0 Å². The first-order chi connectivity index (χ1) is 7.22. The molecule has 0 fully saturated rings. The van der Waals surface area contributed by atoms with Crippen LogP contribution in [0.3, 0.4) is 0 Å². The van der Waals surface area contributed by atoms with Gasteiger partial charge in [0.25, 0.3) is 0 Å². The molecule has 0 spiro atoms. The summed E-state index contributed by atoms with van der Waals surface area (Å²) in [6.07, 6.45) is 3.86. The second kappa shape index (κ2) is 6.32. The molecular weight excluding hydrogens is 193 g/mol. The summed E-state index contributed by atoms with van der Waals surface area (Å²) in [7, 11) is 0. The molecule has 0 saturated carbocycles. The Morgan fingerprint density at radius 3 is 2.67 bits per heavy atom. The number of benzene rings is 1. The standard InChI is InChI=1S/C12H16FNO/c1-10(9-15)14-8-2-3-11-4-6-12(13)7-5-11/h2-7,10,14-15H,8-9H2,1H3/b3-2+/t10-/m1/s1. The van der Waals surface area contributed by atoms with Crippen LogP contribution in [-0.2, 0) is 0 Å². The molecule has 0 radical (unpaired) electrons. The maximum absolute atomic E-state index is 12.6. The van der Waals surface area contributed by atoms with Gasteiger partial charge in [-0.05, 0) is 24.6 Å². The van der Waals surface area contributed by atoms with Gasteiger partial charge in [0, 0.05) is 12.6 Å². The van der Waals surface area contributed by atoms with Crippen LogP contribution in [0.25, 0.3) is 6.08 Å². The van der Waals surface area contributed by atoms with Crippen LogP contribution >= 0.6 is 0 Å². The van der Waals surface area contributed by atoms with Crippen molar-refractivity contribution in [3.63, 3.8) is 0 Å². The minimum Gasteiger partial charge on any atom is -0.395 e. The van der Waals surface area contributed by atoms with Gasteiger partial charge >= 0.3 is 0 Å². The first-order valence-corrected chi connectivity index (χ1v) is 4.98. The Bertz CT molecular complexity index is 308. The summed E-state index contributed by atoms with van der Waals surface area (Å²) in [6.45, 7) is 2.73. The summed E-state index contributed by atoms with van der Waals surface area (Å²) in [5.74, 6) is -0.223. The van der Waals surface area contributed by atoms with Crippen molar-refractivity contribution in [1.29, 1.82) is 0 Å². The molecule has 0 bridgehead atoms. The Balaban J connectivity index is 2.35. The van der Waals surface area contributed by atoms with E-state index in [1.165, 1.54) is 12.1 Å². The zero-order chi connectivity index (χ0) is 11.1. The fraction of sp³-hybridized carbons (Fsp3) is 0.333. The van der Waals surface area contributed by atoms with Crippen LogP contribution in [0.4, 0.5) is 4.39 Å². The number of hydrogen-bond acceptors (Lipinski definition) is 2. The van der Waals surface area contributed by atoms with Crippen molar-refractivity contribution >= 4 is 6.08 Å². The number of aliphatic hydroxyl groups excluding tert-OH is 1. The molecule has 0 unspecified atom stereocenters. The highest BCUT2D eigenvalue weighted by molar-refractivity contribution is 5.48. The molecule has 2 N–H and O–H groups in total. The molecule has 2 nitrogen and oxygen atoms in total. The van der Waals surface area contributed by atoms with Crippen molar-refractivity contribution in [3.05, 3.63) is 41.7 Å². The van der Waals surface area contributed by atoms with Crippen LogP contribution in [0.1, 0.15) is 12.5 Å². The quantitative estimate of drug-likeness (QED) is 0.775. The Labute approximate surface area is 89.4 Å². The van der Waals surface area contributed by atoms with E-state index in [1.807, 2.05) is 19.1 Å². The minimum absolute atomic E-state index is 0.0999. The van der Waals surface area contributed by atoms with E-state index in [9.17, 15) is 4.39 Å². The van der Waals surface area contributed by atoms with E-state index in [4.69, 9.17) is 5.11 Å². The van der Waals surface area contributed by atoms with Gasteiger partial charge in [-0.2, -0.15) is 0 Å². The van der Waals surface area contributed by atoms with Crippen LogP contribution in [0.2, 0.25) is 0 Å². The molecule has 3 heteroatoms. The van der Waals surface area contributed by atoms with E-state index in [-0.39, 0.29) is 18.5 Å². The summed E-state index contributed by atoms with van der Waals surface area (Å²) in [4.78, 5) is 0. The summed E-state index contributed by atoms with van der Waals surface area (Å²) in [5, 5.41) is 11.9. The monoisotopic (exact) mass is 209 g/mol. The molecule has 0 aromatic heterocycles. The second-order valence-electron chi connectivity index (χ2n) is 3.45. The second-order valence-corrected chi connectivity index (χ2v) is 3.45. The van der Waals surface area contributed by atoms with Gasteiger partial charge in [0.1, 0.15) is 5.82 Å². The van der Waals surface area contributed by atoms with Gasteiger partial charge in [0.2, 0.25) is 0 Å².